The molecule has 0 atom stereocenters. The van der Waals surface area contributed by atoms with Gasteiger partial charge in [0.25, 0.3) is 10.0 Å². The lowest BCUT2D eigenvalue weighted by molar-refractivity contribution is 0.417. The summed E-state index contributed by atoms with van der Waals surface area (Å²) in [4.78, 5) is 0. The first-order valence-corrected chi connectivity index (χ1v) is 8.36. The van der Waals surface area contributed by atoms with Gasteiger partial charge < -0.3 is 10.5 Å². The Balaban J connectivity index is 2.38. The fraction of sp³-hybridized carbons (Fsp3) is 0.143. The van der Waals surface area contributed by atoms with Gasteiger partial charge in [-0.15, -0.1) is 11.3 Å². The van der Waals surface area contributed by atoms with Crippen LogP contribution in [0.1, 0.15) is 5.56 Å². The first-order valence-electron chi connectivity index (χ1n) is 6.00. The second-order valence-electron chi connectivity index (χ2n) is 3.96. The van der Waals surface area contributed by atoms with Crippen molar-refractivity contribution in [1.29, 1.82) is 0 Å². The van der Waals surface area contributed by atoms with E-state index < -0.39 is 10.0 Å². The summed E-state index contributed by atoms with van der Waals surface area (Å²) >= 11 is 1.14. The fourth-order valence-electron chi connectivity index (χ4n) is 1.63. The monoisotopic (exact) mass is 322 g/mol. The Hall–Kier alpha value is -2.01. The maximum Gasteiger partial charge on any atom is 0.271 e. The number of rotatable bonds is 4. The summed E-state index contributed by atoms with van der Waals surface area (Å²) in [5.41, 5.74) is 6.33. The van der Waals surface area contributed by atoms with Gasteiger partial charge in [-0.2, -0.15) is 0 Å². The summed E-state index contributed by atoms with van der Waals surface area (Å²) in [6.45, 7) is 0.238. The van der Waals surface area contributed by atoms with E-state index in [1.807, 2.05) is 0 Å². The molecule has 0 spiro atoms. The maximum absolute atomic E-state index is 12.2. The minimum Gasteiger partial charge on any atom is -0.495 e. The topological polar surface area (TPSA) is 81.4 Å². The fourth-order valence-corrected chi connectivity index (χ4v) is 3.68. The van der Waals surface area contributed by atoms with Gasteiger partial charge in [-0.3, -0.25) is 4.72 Å². The molecular weight excluding hydrogens is 308 g/mol. The summed E-state index contributed by atoms with van der Waals surface area (Å²) < 4.78 is 32.4. The molecule has 0 aliphatic heterocycles. The van der Waals surface area contributed by atoms with E-state index in [2.05, 4.69) is 16.6 Å². The van der Waals surface area contributed by atoms with E-state index in [0.717, 1.165) is 11.3 Å². The molecule has 0 bridgehead atoms. The van der Waals surface area contributed by atoms with Crippen molar-refractivity contribution in [3.05, 3.63) is 41.3 Å². The lowest BCUT2D eigenvalue weighted by atomic mass is 10.2. The molecule has 1 heterocycles. The lowest BCUT2D eigenvalue weighted by Gasteiger charge is -2.11. The van der Waals surface area contributed by atoms with Gasteiger partial charge in [-0.05, 0) is 29.6 Å². The van der Waals surface area contributed by atoms with Crippen LogP contribution in [0.3, 0.4) is 0 Å². The molecule has 0 radical (unpaired) electrons. The van der Waals surface area contributed by atoms with Crippen LogP contribution < -0.4 is 15.2 Å². The number of hydrogen-bond donors (Lipinski definition) is 2. The van der Waals surface area contributed by atoms with Crippen molar-refractivity contribution in [2.24, 2.45) is 5.73 Å². The molecule has 1 aromatic heterocycles. The van der Waals surface area contributed by atoms with Gasteiger partial charge in [0.2, 0.25) is 0 Å². The number of benzene rings is 1. The highest BCUT2D eigenvalue weighted by molar-refractivity contribution is 7.94. The van der Waals surface area contributed by atoms with E-state index in [1.54, 1.807) is 29.6 Å². The predicted molar refractivity (Wildman–Crippen MR) is 84.1 cm³/mol. The SMILES string of the molecule is COc1ccc(C#CCN)cc1NS(=O)(=O)c1cccs1. The number of ether oxygens (including phenoxy) is 1. The van der Waals surface area contributed by atoms with Crippen molar-refractivity contribution >= 4 is 27.0 Å². The van der Waals surface area contributed by atoms with E-state index in [1.165, 1.54) is 13.2 Å². The Labute approximate surface area is 127 Å². The molecule has 110 valence electrons. The molecule has 0 aliphatic rings. The molecule has 0 saturated carbocycles. The molecule has 0 unspecified atom stereocenters. The van der Waals surface area contributed by atoms with Gasteiger partial charge in [0.15, 0.2) is 0 Å². The Morgan fingerprint density at radius 1 is 1.38 bits per heavy atom. The van der Waals surface area contributed by atoms with E-state index in [4.69, 9.17) is 10.5 Å². The predicted octanol–water partition coefficient (Wildman–Crippen LogP) is 1.87. The molecule has 0 aliphatic carbocycles. The van der Waals surface area contributed by atoms with Gasteiger partial charge in [-0.1, -0.05) is 17.9 Å². The number of hydrogen-bond acceptors (Lipinski definition) is 5. The zero-order valence-corrected chi connectivity index (χ0v) is 12.9. The van der Waals surface area contributed by atoms with Crippen LogP contribution in [0.25, 0.3) is 0 Å². The standard InChI is InChI=1S/C14H14N2O3S2/c1-19-13-7-6-11(4-2-8-15)10-12(13)16-21(17,18)14-5-3-9-20-14/h3,5-7,9-10,16H,8,15H2,1H3. The Morgan fingerprint density at radius 3 is 2.81 bits per heavy atom. The van der Waals surface area contributed by atoms with Gasteiger partial charge in [0.1, 0.15) is 9.96 Å². The quantitative estimate of drug-likeness (QED) is 0.842. The Bertz CT molecular complexity index is 772. The molecule has 1 aromatic carbocycles. The van der Waals surface area contributed by atoms with Gasteiger partial charge in [0, 0.05) is 5.56 Å². The number of thiophene rings is 1. The largest absolute Gasteiger partial charge is 0.495 e. The van der Waals surface area contributed by atoms with Crippen molar-refractivity contribution in [1.82, 2.24) is 0 Å². The van der Waals surface area contributed by atoms with Crippen molar-refractivity contribution in [2.75, 3.05) is 18.4 Å². The van der Waals surface area contributed by atoms with Gasteiger partial charge in [0.05, 0.1) is 19.3 Å². The minimum absolute atomic E-state index is 0.238. The lowest BCUT2D eigenvalue weighted by Crippen LogP contribution is -2.12. The smallest absolute Gasteiger partial charge is 0.271 e. The third-order valence-corrected chi connectivity index (χ3v) is 5.30. The average molecular weight is 322 g/mol. The van der Waals surface area contributed by atoms with Crippen LogP contribution in [0.2, 0.25) is 0 Å². The molecule has 3 N–H and O–H groups in total. The number of nitrogens with one attached hydrogen (secondary N) is 1. The maximum atomic E-state index is 12.2. The van der Waals surface area contributed by atoms with Crippen molar-refractivity contribution in [3.63, 3.8) is 0 Å². The molecule has 7 heteroatoms. The number of methoxy groups -OCH3 is 1. The molecule has 2 aromatic rings. The molecular formula is C14H14N2O3S2. The molecule has 21 heavy (non-hydrogen) atoms. The van der Waals surface area contributed by atoms with E-state index in [-0.39, 0.29) is 10.8 Å². The highest BCUT2D eigenvalue weighted by Crippen LogP contribution is 2.28. The summed E-state index contributed by atoms with van der Waals surface area (Å²) in [5, 5.41) is 1.70. The Kier molecular flexibility index (Phi) is 4.85. The van der Waals surface area contributed by atoms with Crippen LogP contribution in [0.4, 0.5) is 5.69 Å². The molecule has 0 fully saturated rings. The van der Waals surface area contributed by atoms with Crippen LogP contribution >= 0.6 is 11.3 Å². The van der Waals surface area contributed by atoms with E-state index >= 15 is 0 Å². The molecule has 2 rings (SSSR count). The van der Waals surface area contributed by atoms with Gasteiger partial charge >= 0.3 is 0 Å². The average Bonchev–Trinajstić information content (AvgIpc) is 3.00. The molecule has 5 nitrogen and oxygen atoms in total. The second kappa shape index (κ2) is 6.63. The van der Waals surface area contributed by atoms with Crippen LogP contribution in [-0.2, 0) is 10.0 Å². The third-order valence-electron chi connectivity index (χ3n) is 2.54. The number of anilines is 1. The molecule has 0 amide bonds. The van der Waals surface area contributed by atoms with Crippen LogP contribution in [0.5, 0.6) is 5.75 Å². The summed E-state index contributed by atoms with van der Waals surface area (Å²) in [7, 11) is -2.15. The highest BCUT2D eigenvalue weighted by Gasteiger charge is 2.17. The highest BCUT2D eigenvalue weighted by atomic mass is 32.2. The summed E-state index contributed by atoms with van der Waals surface area (Å²) in [6, 6.07) is 8.24. The zero-order chi connectivity index (χ0) is 15.3. The first-order chi connectivity index (χ1) is 10.1. The van der Waals surface area contributed by atoms with E-state index in [0.29, 0.717) is 17.0 Å². The van der Waals surface area contributed by atoms with Crippen LogP contribution in [0.15, 0.2) is 39.9 Å². The van der Waals surface area contributed by atoms with E-state index in [9.17, 15) is 8.42 Å². The molecule has 0 saturated heterocycles. The van der Waals surface area contributed by atoms with Crippen molar-refractivity contribution in [3.8, 4) is 17.6 Å². The summed E-state index contributed by atoms with van der Waals surface area (Å²) in [6.07, 6.45) is 0. The van der Waals surface area contributed by atoms with Crippen LogP contribution in [-0.4, -0.2) is 22.1 Å². The Morgan fingerprint density at radius 2 is 2.19 bits per heavy atom. The zero-order valence-electron chi connectivity index (χ0n) is 11.3. The van der Waals surface area contributed by atoms with Gasteiger partial charge in [-0.25, -0.2) is 8.42 Å². The third kappa shape index (κ3) is 3.76. The minimum atomic E-state index is -3.62. The van der Waals surface area contributed by atoms with Crippen molar-refractivity contribution in [2.45, 2.75) is 4.21 Å². The number of sulfonamides is 1. The van der Waals surface area contributed by atoms with Crippen LogP contribution in [0, 0.1) is 11.8 Å². The normalized spacial score (nSPS) is 10.6. The number of nitrogens with two attached hydrogens (primary N) is 1. The summed E-state index contributed by atoms with van der Waals surface area (Å²) in [5.74, 6) is 6.00. The van der Waals surface area contributed by atoms with Crippen molar-refractivity contribution < 1.29 is 13.2 Å². The second-order valence-corrected chi connectivity index (χ2v) is 6.82. The first kappa shape index (κ1) is 15.4.